The van der Waals surface area contributed by atoms with Crippen LogP contribution >= 0.6 is 0 Å². The van der Waals surface area contributed by atoms with Gasteiger partial charge in [-0.2, -0.15) is 0 Å². The van der Waals surface area contributed by atoms with Gasteiger partial charge < -0.3 is 4.74 Å². The molecule has 88 valence electrons. The van der Waals surface area contributed by atoms with Crippen LogP contribution in [0, 0.1) is 5.82 Å². The number of nitrogens with zero attached hydrogens (tertiary/aromatic N) is 1. The van der Waals surface area contributed by atoms with Crippen LogP contribution in [-0.2, 0) is 16.0 Å². The van der Waals surface area contributed by atoms with Gasteiger partial charge in [-0.25, -0.2) is 4.39 Å². The molecule has 0 aliphatic rings. The van der Waals surface area contributed by atoms with Crippen molar-refractivity contribution in [1.82, 2.24) is 4.90 Å². The van der Waals surface area contributed by atoms with Crippen molar-refractivity contribution < 1.29 is 13.9 Å². The van der Waals surface area contributed by atoms with Crippen molar-refractivity contribution in [1.29, 1.82) is 0 Å². The lowest BCUT2D eigenvalue weighted by Crippen LogP contribution is -2.28. The number of halogens is 1. The summed E-state index contributed by atoms with van der Waals surface area (Å²) < 4.78 is 17.8. The molecule has 0 saturated carbocycles. The molecule has 0 aliphatic carbocycles. The molecule has 1 aromatic carbocycles. The van der Waals surface area contributed by atoms with Crippen molar-refractivity contribution in [2.75, 3.05) is 27.2 Å². The SMILES string of the molecule is COC(=O)CN(C)CCc1ccccc1F. The molecule has 0 spiro atoms. The molecular formula is C12H16FNO2. The molecule has 0 unspecified atom stereocenters. The van der Waals surface area contributed by atoms with Gasteiger partial charge in [0.1, 0.15) is 5.82 Å². The molecule has 0 aliphatic heterocycles. The molecule has 0 saturated heterocycles. The van der Waals surface area contributed by atoms with Gasteiger partial charge in [-0.3, -0.25) is 9.69 Å². The smallest absolute Gasteiger partial charge is 0.319 e. The zero-order chi connectivity index (χ0) is 12.0. The number of hydrogen-bond donors (Lipinski definition) is 0. The first-order chi connectivity index (χ1) is 7.63. The maximum absolute atomic E-state index is 13.3. The van der Waals surface area contributed by atoms with Gasteiger partial charge in [-0.15, -0.1) is 0 Å². The molecule has 3 nitrogen and oxygen atoms in total. The molecule has 4 heteroatoms. The van der Waals surface area contributed by atoms with E-state index in [0.29, 0.717) is 18.5 Å². The van der Waals surface area contributed by atoms with Crippen LogP contribution in [0.2, 0.25) is 0 Å². The summed E-state index contributed by atoms with van der Waals surface area (Å²) in [5.41, 5.74) is 0.666. The van der Waals surface area contributed by atoms with Gasteiger partial charge in [0.05, 0.1) is 13.7 Å². The number of benzene rings is 1. The summed E-state index contributed by atoms with van der Waals surface area (Å²) in [5.74, 6) is -0.481. The standard InChI is InChI=1S/C12H16FNO2/c1-14(9-12(15)16-2)8-7-10-5-3-4-6-11(10)13/h3-6H,7-9H2,1-2H3. The van der Waals surface area contributed by atoms with Gasteiger partial charge in [0.15, 0.2) is 0 Å². The van der Waals surface area contributed by atoms with E-state index in [1.54, 1.807) is 30.1 Å². The predicted octanol–water partition coefficient (Wildman–Crippen LogP) is 1.47. The average molecular weight is 225 g/mol. The Morgan fingerprint density at radius 3 is 2.75 bits per heavy atom. The van der Waals surface area contributed by atoms with E-state index in [-0.39, 0.29) is 18.3 Å². The minimum absolute atomic E-state index is 0.200. The lowest BCUT2D eigenvalue weighted by molar-refractivity contribution is -0.141. The molecule has 16 heavy (non-hydrogen) atoms. The fourth-order valence-electron chi connectivity index (χ4n) is 1.38. The number of likely N-dealkylation sites (N-methyl/N-ethyl adjacent to an activating group) is 1. The summed E-state index contributed by atoms with van der Waals surface area (Å²) in [5, 5.41) is 0. The highest BCUT2D eigenvalue weighted by Crippen LogP contribution is 2.07. The van der Waals surface area contributed by atoms with Crippen molar-refractivity contribution in [2.45, 2.75) is 6.42 Å². The van der Waals surface area contributed by atoms with Gasteiger partial charge in [0.25, 0.3) is 0 Å². The number of rotatable bonds is 5. The van der Waals surface area contributed by atoms with Crippen LogP contribution in [-0.4, -0.2) is 38.1 Å². The highest BCUT2D eigenvalue weighted by Gasteiger charge is 2.07. The third-order valence-corrected chi connectivity index (χ3v) is 2.35. The summed E-state index contributed by atoms with van der Waals surface area (Å²) >= 11 is 0. The molecule has 0 bridgehead atoms. The fraction of sp³-hybridized carbons (Fsp3) is 0.417. The Balaban J connectivity index is 2.40. The Labute approximate surface area is 94.8 Å². The molecule has 0 aromatic heterocycles. The second-order valence-electron chi connectivity index (χ2n) is 3.66. The Morgan fingerprint density at radius 1 is 1.44 bits per heavy atom. The van der Waals surface area contributed by atoms with E-state index in [1.807, 2.05) is 0 Å². The van der Waals surface area contributed by atoms with Crippen LogP contribution in [0.15, 0.2) is 24.3 Å². The minimum atomic E-state index is -0.281. The van der Waals surface area contributed by atoms with Crippen LogP contribution in [0.5, 0.6) is 0 Å². The third-order valence-electron chi connectivity index (χ3n) is 2.35. The highest BCUT2D eigenvalue weighted by molar-refractivity contribution is 5.71. The van der Waals surface area contributed by atoms with E-state index in [9.17, 15) is 9.18 Å². The minimum Gasteiger partial charge on any atom is -0.468 e. The number of carbonyl (C=O) groups is 1. The average Bonchev–Trinajstić information content (AvgIpc) is 2.28. The molecular weight excluding hydrogens is 209 g/mol. The number of carbonyl (C=O) groups excluding carboxylic acids is 1. The van der Waals surface area contributed by atoms with Gasteiger partial charge >= 0.3 is 5.97 Å². The molecule has 0 amide bonds. The molecule has 1 aromatic rings. The van der Waals surface area contributed by atoms with E-state index in [4.69, 9.17) is 0 Å². The Bertz CT molecular complexity index is 355. The molecule has 0 heterocycles. The van der Waals surface area contributed by atoms with E-state index < -0.39 is 0 Å². The summed E-state index contributed by atoms with van der Waals surface area (Å²) in [6.45, 7) is 0.848. The van der Waals surface area contributed by atoms with Gasteiger partial charge in [-0.05, 0) is 25.1 Å². The maximum Gasteiger partial charge on any atom is 0.319 e. The summed E-state index contributed by atoms with van der Waals surface area (Å²) in [6, 6.07) is 6.66. The lowest BCUT2D eigenvalue weighted by atomic mass is 10.1. The Hall–Kier alpha value is -1.42. The molecule has 0 radical (unpaired) electrons. The van der Waals surface area contributed by atoms with Crippen LogP contribution in [0.4, 0.5) is 4.39 Å². The largest absolute Gasteiger partial charge is 0.468 e. The topological polar surface area (TPSA) is 29.5 Å². The van der Waals surface area contributed by atoms with Crippen molar-refractivity contribution in [3.05, 3.63) is 35.6 Å². The summed E-state index contributed by atoms with van der Waals surface area (Å²) in [4.78, 5) is 12.8. The van der Waals surface area contributed by atoms with E-state index in [0.717, 1.165) is 0 Å². The normalized spacial score (nSPS) is 10.5. The first kappa shape index (κ1) is 12.6. The second-order valence-corrected chi connectivity index (χ2v) is 3.66. The molecule has 0 fully saturated rings. The Morgan fingerprint density at radius 2 is 2.12 bits per heavy atom. The third kappa shape index (κ3) is 3.98. The van der Waals surface area contributed by atoms with Crippen LogP contribution in [0.3, 0.4) is 0 Å². The Kier molecular flexibility index (Phi) is 4.92. The van der Waals surface area contributed by atoms with E-state index in [1.165, 1.54) is 13.2 Å². The predicted molar refractivity (Wildman–Crippen MR) is 59.6 cm³/mol. The van der Waals surface area contributed by atoms with Crippen molar-refractivity contribution in [3.8, 4) is 0 Å². The first-order valence-electron chi connectivity index (χ1n) is 5.12. The zero-order valence-corrected chi connectivity index (χ0v) is 9.57. The van der Waals surface area contributed by atoms with Crippen LogP contribution < -0.4 is 0 Å². The molecule has 0 atom stereocenters. The quantitative estimate of drug-likeness (QED) is 0.711. The van der Waals surface area contributed by atoms with Gasteiger partial charge in [0.2, 0.25) is 0 Å². The summed E-state index contributed by atoms with van der Waals surface area (Å²) in [7, 11) is 3.16. The van der Waals surface area contributed by atoms with Gasteiger partial charge in [-0.1, -0.05) is 18.2 Å². The van der Waals surface area contributed by atoms with E-state index >= 15 is 0 Å². The fourth-order valence-corrected chi connectivity index (χ4v) is 1.38. The van der Waals surface area contributed by atoms with Gasteiger partial charge in [0, 0.05) is 6.54 Å². The number of hydrogen-bond acceptors (Lipinski definition) is 3. The summed E-state index contributed by atoms with van der Waals surface area (Å²) in [6.07, 6.45) is 0.583. The van der Waals surface area contributed by atoms with Crippen molar-refractivity contribution in [3.63, 3.8) is 0 Å². The van der Waals surface area contributed by atoms with Crippen molar-refractivity contribution >= 4 is 5.97 Å². The lowest BCUT2D eigenvalue weighted by Gasteiger charge is -2.14. The number of methoxy groups -OCH3 is 1. The van der Waals surface area contributed by atoms with Crippen LogP contribution in [0.1, 0.15) is 5.56 Å². The van der Waals surface area contributed by atoms with Crippen molar-refractivity contribution in [2.24, 2.45) is 0 Å². The van der Waals surface area contributed by atoms with Crippen LogP contribution in [0.25, 0.3) is 0 Å². The monoisotopic (exact) mass is 225 g/mol. The van der Waals surface area contributed by atoms with E-state index in [2.05, 4.69) is 4.74 Å². The molecule has 0 N–H and O–H groups in total. The highest BCUT2D eigenvalue weighted by atomic mass is 19.1. The second kappa shape index (κ2) is 6.23. The number of esters is 1. The number of ether oxygens (including phenoxy) is 1. The maximum atomic E-state index is 13.3. The zero-order valence-electron chi connectivity index (χ0n) is 9.57. The first-order valence-corrected chi connectivity index (χ1v) is 5.12. The molecule has 1 rings (SSSR count).